The van der Waals surface area contributed by atoms with Crippen molar-refractivity contribution < 1.29 is 24.3 Å². The van der Waals surface area contributed by atoms with Crippen molar-refractivity contribution >= 4 is 34.8 Å². The lowest BCUT2D eigenvalue weighted by Gasteiger charge is -2.18. The van der Waals surface area contributed by atoms with Crippen molar-refractivity contribution in [3.8, 4) is 11.1 Å². The van der Waals surface area contributed by atoms with Gasteiger partial charge >= 0.3 is 5.97 Å². The van der Waals surface area contributed by atoms with Crippen molar-refractivity contribution in [1.82, 2.24) is 10.2 Å². The van der Waals surface area contributed by atoms with Crippen molar-refractivity contribution in [3.05, 3.63) is 59.7 Å². The summed E-state index contributed by atoms with van der Waals surface area (Å²) in [5, 5.41) is 10.6. The summed E-state index contributed by atoms with van der Waals surface area (Å²) in [6.45, 7) is 2.28. The molecule has 198 valence electrons. The van der Waals surface area contributed by atoms with Gasteiger partial charge in [-0.3, -0.25) is 24.5 Å². The number of carboxylic acids is 1. The molecular weight excluding hydrogens is 488 g/mol. The number of imide groups is 1. The molecule has 0 aliphatic carbocycles. The zero-order chi connectivity index (χ0) is 26.8. The predicted molar refractivity (Wildman–Crippen MR) is 146 cm³/mol. The SMILES string of the molecule is CC(CCCCCCCC(=O)N(C)Cc1cccc(-c2ccc(CC3SC(=O)NC3=O)cc2)c1)C(=O)O. The minimum absolute atomic E-state index is 0.126. The minimum Gasteiger partial charge on any atom is -0.481 e. The average Bonchev–Trinajstić information content (AvgIpc) is 3.19. The molecule has 1 heterocycles. The lowest BCUT2D eigenvalue weighted by molar-refractivity contribution is -0.141. The number of carbonyl (C=O) groups excluding carboxylic acids is 3. The quantitative estimate of drug-likeness (QED) is 0.309. The van der Waals surface area contributed by atoms with Crippen molar-refractivity contribution in [2.75, 3.05) is 7.05 Å². The van der Waals surface area contributed by atoms with E-state index in [-0.39, 0.29) is 28.2 Å². The van der Waals surface area contributed by atoms with Crippen LogP contribution in [0.25, 0.3) is 11.1 Å². The fraction of sp³-hybridized carbons (Fsp3) is 0.448. The van der Waals surface area contributed by atoms with E-state index in [1.165, 1.54) is 0 Å². The van der Waals surface area contributed by atoms with E-state index in [0.717, 1.165) is 66.1 Å². The third kappa shape index (κ3) is 9.04. The van der Waals surface area contributed by atoms with E-state index >= 15 is 0 Å². The third-order valence-corrected chi connectivity index (χ3v) is 7.68. The van der Waals surface area contributed by atoms with Crippen LogP contribution in [0.15, 0.2) is 48.5 Å². The molecule has 1 fully saturated rings. The lowest BCUT2D eigenvalue weighted by Crippen LogP contribution is -2.25. The number of carbonyl (C=O) groups is 4. The second-order valence-electron chi connectivity index (χ2n) is 9.78. The predicted octanol–water partition coefficient (Wildman–Crippen LogP) is 5.66. The Balaban J connectivity index is 1.42. The van der Waals surface area contributed by atoms with Crippen molar-refractivity contribution in [2.24, 2.45) is 5.92 Å². The van der Waals surface area contributed by atoms with Crippen LogP contribution in [-0.4, -0.2) is 45.3 Å². The van der Waals surface area contributed by atoms with Crippen LogP contribution in [0.3, 0.4) is 0 Å². The van der Waals surface area contributed by atoms with E-state index in [9.17, 15) is 19.2 Å². The van der Waals surface area contributed by atoms with Gasteiger partial charge in [-0.2, -0.15) is 0 Å². The summed E-state index contributed by atoms with van der Waals surface area (Å²) in [7, 11) is 1.83. The maximum atomic E-state index is 12.6. The van der Waals surface area contributed by atoms with Gasteiger partial charge in [0.15, 0.2) is 0 Å². The number of benzene rings is 2. The first-order valence-corrected chi connectivity index (χ1v) is 13.8. The highest BCUT2D eigenvalue weighted by Gasteiger charge is 2.31. The number of nitrogens with zero attached hydrogens (tertiary/aromatic N) is 1. The molecule has 2 aromatic carbocycles. The summed E-state index contributed by atoms with van der Waals surface area (Å²) >= 11 is 1.04. The van der Waals surface area contributed by atoms with Gasteiger partial charge < -0.3 is 10.0 Å². The van der Waals surface area contributed by atoms with Crippen LogP contribution >= 0.6 is 11.8 Å². The first-order chi connectivity index (χ1) is 17.7. The molecule has 7 nitrogen and oxygen atoms in total. The van der Waals surface area contributed by atoms with Crippen LogP contribution in [0.1, 0.15) is 63.0 Å². The molecule has 2 aromatic rings. The van der Waals surface area contributed by atoms with Crippen molar-refractivity contribution in [3.63, 3.8) is 0 Å². The van der Waals surface area contributed by atoms with Crippen molar-refractivity contribution in [1.29, 1.82) is 0 Å². The number of aliphatic carboxylic acids is 1. The summed E-state index contributed by atoms with van der Waals surface area (Å²) in [4.78, 5) is 48.4. The average molecular weight is 525 g/mol. The van der Waals surface area contributed by atoms with Crippen LogP contribution in [0.5, 0.6) is 0 Å². The Morgan fingerprint density at radius 3 is 2.35 bits per heavy atom. The Labute approximate surface area is 223 Å². The van der Waals surface area contributed by atoms with Gasteiger partial charge in [0.1, 0.15) is 0 Å². The summed E-state index contributed by atoms with van der Waals surface area (Å²) in [6.07, 6.45) is 6.51. The topological polar surface area (TPSA) is 104 Å². The number of rotatable bonds is 14. The highest BCUT2D eigenvalue weighted by molar-refractivity contribution is 8.15. The first kappa shape index (κ1) is 28.4. The number of thioether (sulfide) groups is 1. The Hall–Kier alpha value is -3.13. The molecule has 0 aromatic heterocycles. The van der Waals surface area contributed by atoms with E-state index in [1.54, 1.807) is 11.8 Å². The number of nitrogens with one attached hydrogen (secondary N) is 1. The molecule has 3 rings (SSSR count). The van der Waals surface area contributed by atoms with E-state index in [1.807, 2.05) is 49.5 Å². The van der Waals surface area contributed by atoms with Gasteiger partial charge in [0.25, 0.3) is 5.24 Å². The normalized spacial score (nSPS) is 15.9. The monoisotopic (exact) mass is 524 g/mol. The van der Waals surface area contributed by atoms with E-state index < -0.39 is 5.97 Å². The standard InChI is InChI=1S/C29H36N2O5S/c1-20(28(34)35)9-6-4-3-5-7-12-26(32)31(2)19-22-10-8-11-24(17-22)23-15-13-21(14-16-23)18-25-27(33)30-29(36)37-25/h8,10-11,13-17,20,25H,3-7,9,12,18-19H2,1-2H3,(H,34,35)(H,30,33,36). The molecule has 1 aliphatic rings. The van der Waals surface area contributed by atoms with Gasteiger partial charge in [0, 0.05) is 20.0 Å². The van der Waals surface area contributed by atoms with E-state index in [2.05, 4.69) is 11.4 Å². The summed E-state index contributed by atoms with van der Waals surface area (Å²) in [5.74, 6) is -1.12. The number of hydrogen-bond donors (Lipinski definition) is 2. The first-order valence-electron chi connectivity index (χ1n) is 12.9. The Bertz CT molecular complexity index is 1100. The van der Waals surface area contributed by atoms with Crippen LogP contribution in [0.2, 0.25) is 0 Å². The van der Waals surface area contributed by atoms with Crippen molar-refractivity contribution in [2.45, 2.75) is 70.1 Å². The highest BCUT2D eigenvalue weighted by atomic mass is 32.2. The lowest BCUT2D eigenvalue weighted by atomic mass is 10.00. The van der Waals surface area contributed by atoms with Gasteiger partial charge in [0.05, 0.1) is 11.2 Å². The maximum Gasteiger partial charge on any atom is 0.306 e. The van der Waals surface area contributed by atoms with Gasteiger partial charge in [-0.15, -0.1) is 0 Å². The molecule has 1 saturated heterocycles. The molecule has 1 aliphatic heterocycles. The molecule has 2 unspecified atom stereocenters. The van der Waals surface area contributed by atoms with E-state index in [0.29, 0.717) is 25.8 Å². The second-order valence-corrected chi connectivity index (χ2v) is 11.0. The Morgan fingerprint density at radius 2 is 1.68 bits per heavy atom. The summed E-state index contributed by atoms with van der Waals surface area (Å²) < 4.78 is 0. The number of carboxylic acid groups (broad SMARTS) is 1. The van der Waals surface area contributed by atoms with Gasteiger partial charge in [-0.1, -0.05) is 86.8 Å². The van der Waals surface area contributed by atoms with E-state index in [4.69, 9.17) is 5.11 Å². The summed E-state index contributed by atoms with van der Waals surface area (Å²) in [5.41, 5.74) is 4.17. The fourth-order valence-corrected chi connectivity index (χ4v) is 5.22. The molecule has 37 heavy (non-hydrogen) atoms. The molecule has 0 radical (unpaired) electrons. The minimum atomic E-state index is -0.734. The summed E-state index contributed by atoms with van der Waals surface area (Å²) in [6, 6.07) is 16.2. The van der Waals surface area contributed by atoms with Gasteiger partial charge in [-0.25, -0.2) is 0 Å². The molecule has 0 saturated carbocycles. The fourth-order valence-electron chi connectivity index (χ4n) is 4.36. The Kier molecular flexibility index (Phi) is 10.7. The van der Waals surface area contributed by atoms with Crippen LogP contribution in [0.4, 0.5) is 4.79 Å². The zero-order valence-electron chi connectivity index (χ0n) is 21.6. The number of unbranched alkanes of at least 4 members (excludes halogenated alkanes) is 4. The molecule has 3 amide bonds. The Morgan fingerprint density at radius 1 is 0.973 bits per heavy atom. The maximum absolute atomic E-state index is 12.6. The molecule has 0 spiro atoms. The molecule has 2 atom stereocenters. The molecular formula is C29H36N2O5S. The smallest absolute Gasteiger partial charge is 0.306 e. The van der Waals surface area contributed by atoms with Gasteiger partial charge in [0.2, 0.25) is 11.8 Å². The van der Waals surface area contributed by atoms with Crippen LogP contribution in [0, 0.1) is 5.92 Å². The molecule has 2 N–H and O–H groups in total. The molecule has 0 bridgehead atoms. The zero-order valence-corrected chi connectivity index (χ0v) is 22.4. The largest absolute Gasteiger partial charge is 0.481 e. The van der Waals surface area contributed by atoms with Crippen LogP contribution < -0.4 is 5.32 Å². The van der Waals surface area contributed by atoms with Crippen LogP contribution in [-0.2, 0) is 27.3 Å². The molecule has 8 heteroatoms. The highest BCUT2D eigenvalue weighted by Crippen LogP contribution is 2.26. The third-order valence-electron chi connectivity index (χ3n) is 6.70. The van der Waals surface area contributed by atoms with Gasteiger partial charge in [-0.05, 0) is 47.6 Å². The number of hydrogen-bond acceptors (Lipinski definition) is 5. The second kappa shape index (κ2) is 14.0. The number of amides is 3.